The SMILES string of the molecule is Cc1cc(N)c(C)c(S(=O)(=O)NCC(C)C)c1C. The summed E-state index contributed by atoms with van der Waals surface area (Å²) in [6, 6.07) is 1.81. The second-order valence-corrected chi connectivity index (χ2v) is 6.81. The largest absolute Gasteiger partial charge is 0.398 e. The summed E-state index contributed by atoms with van der Waals surface area (Å²) < 4.78 is 27.3. The number of nitrogens with one attached hydrogen (secondary N) is 1. The van der Waals surface area contributed by atoms with Gasteiger partial charge in [-0.1, -0.05) is 13.8 Å². The Morgan fingerprint density at radius 1 is 1.22 bits per heavy atom. The highest BCUT2D eigenvalue weighted by Gasteiger charge is 2.22. The molecule has 0 aliphatic rings. The Labute approximate surface area is 110 Å². The van der Waals surface area contributed by atoms with Gasteiger partial charge in [-0.2, -0.15) is 0 Å². The minimum Gasteiger partial charge on any atom is -0.398 e. The maximum Gasteiger partial charge on any atom is 0.241 e. The molecule has 0 saturated carbocycles. The molecule has 4 nitrogen and oxygen atoms in total. The van der Waals surface area contributed by atoms with Crippen molar-refractivity contribution in [2.75, 3.05) is 12.3 Å². The predicted molar refractivity (Wildman–Crippen MR) is 75.1 cm³/mol. The van der Waals surface area contributed by atoms with Gasteiger partial charge in [0.2, 0.25) is 10.0 Å². The monoisotopic (exact) mass is 270 g/mol. The van der Waals surface area contributed by atoms with Gasteiger partial charge in [0, 0.05) is 12.2 Å². The number of anilines is 1. The Morgan fingerprint density at radius 2 is 1.78 bits per heavy atom. The van der Waals surface area contributed by atoms with E-state index in [9.17, 15) is 8.42 Å². The number of benzene rings is 1. The molecule has 0 amide bonds. The number of rotatable bonds is 4. The van der Waals surface area contributed by atoms with E-state index in [2.05, 4.69) is 4.72 Å². The molecule has 0 fully saturated rings. The lowest BCUT2D eigenvalue weighted by molar-refractivity contribution is 0.559. The van der Waals surface area contributed by atoms with Crippen molar-refractivity contribution in [2.45, 2.75) is 39.5 Å². The third kappa shape index (κ3) is 3.03. The minimum absolute atomic E-state index is 0.266. The molecule has 1 aromatic carbocycles. The maximum absolute atomic E-state index is 12.3. The summed E-state index contributed by atoms with van der Waals surface area (Å²) in [5, 5.41) is 0. The molecule has 0 aromatic heterocycles. The fraction of sp³-hybridized carbons (Fsp3) is 0.538. The molecule has 0 bridgehead atoms. The molecule has 1 rings (SSSR count). The summed E-state index contributed by atoms with van der Waals surface area (Å²) >= 11 is 0. The van der Waals surface area contributed by atoms with Crippen LogP contribution in [0.1, 0.15) is 30.5 Å². The van der Waals surface area contributed by atoms with Gasteiger partial charge in [-0.25, -0.2) is 13.1 Å². The normalized spacial score (nSPS) is 12.1. The first-order valence-corrected chi connectivity index (χ1v) is 7.51. The maximum atomic E-state index is 12.3. The van der Waals surface area contributed by atoms with Gasteiger partial charge in [0.15, 0.2) is 0 Å². The fourth-order valence-corrected chi connectivity index (χ4v) is 3.57. The number of hydrogen-bond acceptors (Lipinski definition) is 3. The van der Waals surface area contributed by atoms with E-state index >= 15 is 0 Å². The first-order valence-electron chi connectivity index (χ1n) is 6.02. The molecule has 0 heterocycles. The van der Waals surface area contributed by atoms with Crippen molar-refractivity contribution in [3.63, 3.8) is 0 Å². The highest BCUT2D eigenvalue weighted by Crippen LogP contribution is 2.27. The summed E-state index contributed by atoms with van der Waals surface area (Å²) in [4.78, 5) is 0.320. The second kappa shape index (κ2) is 5.28. The first-order chi connectivity index (χ1) is 8.16. The molecule has 0 saturated heterocycles. The van der Waals surface area contributed by atoms with Crippen LogP contribution in [0.3, 0.4) is 0 Å². The average Bonchev–Trinajstić information content (AvgIpc) is 2.24. The van der Waals surface area contributed by atoms with E-state index in [1.54, 1.807) is 6.92 Å². The molecule has 0 atom stereocenters. The fourth-order valence-electron chi connectivity index (χ4n) is 1.79. The molecule has 1 aromatic rings. The molecule has 0 unspecified atom stereocenters. The Kier molecular flexibility index (Phi) is 4.40. The molecule has 102 valence electrons. The van der Waals surface area contributed by atoms with Crippen LogP contribution in [0.2, 0.25) is 0 Å². The lowest BCUT2D eigenvalue weighted by atomic mass is 10.1. The molecule has 0 aliphatic carbocycles. The average molecular weight is 270 g/mol. The zero-order valence-electron chi connectivity index (χ0n) is 11.7. The minimum atomic E-state index is -3.49. The Hall–Kier alpha value is -1.07. The number of nitrogen functional groups attached to an aromatic ring is 1. The van der Waals surface area contributed by atoms with Gasteiger partial charge in [0.05, 0.1) is 4.90 Å². The van der Waals surface area contributed by atoms with Crippen molar-refractivity contribution in [1.82, 2.24) is 4.72 Å². The Morgan fingerprint density at radius 3 is 2.28 bits per heavy atom. The molecule has 18 heavy (non-hydrogen) atoms. The third-order valence-corrected chi connectivity index (χ3v) is 4.72. The second-order valence-electron chi connectivity index (χ2n) is 5.11. The quantitative estimate of drug-likeness (QED) is 0.823. The summed E-state index contributed by atoms with van der Waals surface area (Å²) in [7, 11) is -3.49. The molecule has 3 N–H and O–H groups in total. The molecular formula is C13H22N2O2S. The molecule has 0 aliphatic heterocycles. The summed E-state index contributed by atoms with van der Waals surface area (Å²) in [6.45, 7) is 9.78. The van der Waals surface area contributed by atoms with Crippen molar-refractivity contribution < 1.29 is 8.42 Å². The van der Waals surface area contributed by atoms with E-state index < -0.39 is 10.0 Å². The van der Waals surface area contributed by atoms with Gasteiger partial charge in [-0.3, -0.25) is 0 Å². The van der Waals surface area contributed by atoms with Crippen LogP contribution in [0, 0.1) is 26.7 Å². The van der Waals surface area contributed by atoms with Crippen LogP contribution in [0.25, 0.3) is 0 Å². The zero-order chi connectivity index (χ0) is 14.1. The van der Waals surface area contributed by atoms with Crippen molar-refractivity contribution in [2.24, 2.45) is 5.92 Å². The summed E-state index contributed by atoms with van der Waals surface area (Å²) in [5.74, 6) is 0.266. The van der Waals surface area contributed by atoms with Gasteiger partial charge in [0.25, 0.3) is 0 Å². The Balaban J connectivity index is 3.32. The van der Waals surface area contributed by atoms with Crippen LogP contribution < -0.4 is 10.5 Å². The number of hydrogen-bond donors (Lipinski definition) is 2. The van der Waals surface area contributed by atoms with Crippen LogP contribution in [0.4, 0.5) is 5.69 Å². The van der Waals surface area contributed by atoms with Crippen LogP contribution >= 0.6 is 0 Å². The highest BCUT2D eigenvalue weighted by molar-refractivity contribution is 7.89. The number of nitrogens with two attached hydrogens (primary N) is 1. The van der Waals surface area contributed by atoms with Crippen molar-refractivity contribution in [3.05, 3.63) is 22.8 Å². The Bertz CT molecular complexity index is 522. The third-order valence-electron chi connectivity index (χ3n) is 3.03. The van der Waals surface area contributed by atoms with E-state index in [4.69, 9.17) is 5.73 Å². The molecule has 5 heteroatoms. The van der Waals surface area contributed by atoms with E-state index in [1.165, 1.54) is 0 Å². The van der Waals surface area contributed by atoms with Crippen LogP contribution in [-0.4, -0.2) is 15.0 Å². The lowest BCUT2D eigenvalue weighted by Crippen LogP contribution is -2.29. The van der Waals surface area contributed by atoms with Gasteiger partial charge < -0.3 is 5.73 Å². The first kappa shape index (κ1) is 15.0. The van der Waals surface area contributed by atoms with Gasteiger partial charge in [-0.15, -0.1) is 0 Å². The summed E-state index contributed by atoms with van der Waals surface area (Å²) in [5.41, 5.74) is 8.64. The van der Waals surface area contributed by atoms with E-state index in [0.717, 1.165) is 11.1 Å². The van der Waals surface area contributed by atoms with Crippen molar-refractivity contribution in [3.8, 4) is 0 Å². The van der Waals surface area contributed by atoms with E-state index in [-0.39, 0.29) is 5.92 Å². The topological polar surface area (TPSA) is 72.2 Å². The zero-order valence-corrected chi connectivity index (χ0v) is 12.5. The van der Waals surface area contributed by atoms with Crippen LogP contribution in [0.5, 0.6) is 0 Å². The standard InChI is InChI=1S/C13H22N2O2S/c1-8(2)7-15-18(16,17)13-10(4)9(3)6-12(14)11(13)5/h6,8,15H,7,14H2,1-5H3. The van der Waals surface area contributed by atoms with Crippen molar-refractivity contribution >= 4 is 15.7 Å². The molecular weight excluding hydrogens is 248 g/mol. The van der Waals surface area contributed by atoms with Gasteiger partial charge in [-0.05, 0) is 49.4 Å². The highest BCUT2D eigenvalue weighted by atomic mass is 32.2. The van der Waals surface area contributed by atoms with Crippen molar-refractivity contribution in [1.29, 1.82) is 0 Å². The molecule has 0 radical (unpaired) electrons. The van der Waals surface area contributed by atoms with Gasteiger partial charge in [0.1, 0.15) is 0 Å². The lowest BCUT2D eigenvalue weighted by Gasteiger charge is -2.16. The number of sulfonamides is 1. The van der Waals surface area contributed by atoms with E-state index in [1.807, 2.05) is 33.8 Å². The van der Waals surface area contributed by atoms with Crippen LogP contribution in [0.15, 0.2) is 11.0 Å². The summed E-state index contributed by atoms with van der Waals surface area (Å²) in [6.07, 6.45) is 0. The van der Waals surface area contributed by atoms with Gasteiger partial charge >= 0.3 is 0 Å². The van der Waals surface area contributed by atoms with Crippen LogP contribution in [-0.2, 0) is 10.0 Å². The smallest absolute Gasteiger partial charge is 0.241 e. The molecule has 0 spiro atoms. The number of aryl methyl sites for hydroxylation is 1. The predicted octanol–water partition coefficient (Wildman–Crippen LogP) is 2.13. The van der Waals surface area contributed by atoms with E-state index in [0.29, 0.717) is 22.7 Å².